The molecule has 8 heteroatoms. The fraction of sp³-hybridized carbons (Fsp3) is 0.409. The average Bonchev–Trinajstić information content (AvgIpc) is 3.09. The topological polar surface area (TPSA) is 93.7 Å². The van der Waals surface area contributed by atoms with Crippen LogP contribution in [0.5, 0.6) is 11.5 Å². The SMILES string of the molecule is CNS(=O)(=O)c1ccc(CCC(=O)Nc2ccc3c(c2)OC2(CCCCC2)O3)cc1. The third-order valence-electron chi connectivity index (χ3n) is 5.58. The Morgan fingerprint density at radius 3 is 2.40 bits per heavy atom. The van der Waals surface area contributed by atoms with Gasteiger partial charge in [-0.25, -0.2) is 13.1 Å². The Labute approximate surface area is 176 Å². The van der Waals surface area contributed by atoms with Crippen LogP contribution >= 0.6 is 0 Å². The van der Waals surface area contributed by atoms with E-state index in [-0.39, 0.29) is 17.2 Å². The normalized spacial score (nSPS) is 17.1. The maximum absolute atomic E-state index is 12.4. The molecule has 160 valence electrons. The monoisotopic (exact) mass is 430 g/mol. The number of carbonyl (C=O) groups excluding carboxylic acids is 1. The summed E-state index contributed by atoms with van der Waals surface area (Å²) in [5.41, 5.74) is 1.57. The highest BCUT2D eigenvalue weighted by molar-refractivity contribution is 7.89. The standard InChI is InChI=1S/C22H26N2O5S/c1-23-30(26,27)18-9-5-16(6-10-18)7-12-21(25)24-17-8-11-19-20(15-17)29-22(28-19)13-3-2-4-14-22/h5-6,8-11,15,23H,2-4,7,12-14H2,1H3,(H,24,25). The van der Waals surface area contributed by atoms with Gasteiger partial charge in [-0.1, -0.05) is 18.6 Å². The first-order valence-corrected chi connectivity index (χ1v) is 11.7. The molecule has 30 heavy (non-hydrogen) atoms. The van der Waals surface area contributed by atoms with Gasteiger partial charge in [0.15, 0.2) is 11.5 Å². The van der Waals surface area contributed by atoms with Gasteiger partial charge in [0.1, 0.15) is 0 Å². The molecule has 0 saturated heterocycles. The Morgan fingerprint density at radius 2 is 1.70 bits per heavy atom. The molecule has 1 aliphatic carbocycles. The van der Waals surface area contributed by atoms with Gasteiger partial charge in [-0.2, -0.15) is 0 Å². The predicted octanol–water partition coefficient (Wildman–Crippen LogP) is 3.60. The Morgan fingerprint density at radius 1 is 1.00 bits per heavy atom. The van der Waals surface area contributed by atoms with Gasteiger partial charge in [-0.05, 0) is 56.1 Å². The van der Waals surface area contributed by atoms with E-state index in [0.717, 1.165) is 37.0 Å². The molecule has 1 saturated carbocycles. The zero-order valence-corrected chi connectivity index (χ0v) is 17.8. The molecule has 7 nitrogen and oxygen atoms in total. The number of sulfonamides is 1. The van der Waals surface area contributed by atoms with E-state index in [1.807, 2.05) is 18.2 Å². The quantitative estimate of drug-likeness (QED) is 0.730. The van der Waals surface area contributed by atoms with Gasteiger partial charge in [0.2, 0.25) is 15.9 Å². The van der Waals surface area contributed by atoms with Crippen molar-refractivity contribution in [1.29, 1.82) is 0 Å². The number of fused-ring (bicyclic) bond motifs is 1. The van der Waals surface area contributed by atoms with E-state index in [1.165, 1.54) is 25.6 Å². The lowest BCUT2D eigenvalue weighted by Gasteiger charge is -2.31. The van der Waals surface area contributed by atoms with Crippen molar-refractivity contribution in [2.75, 3.05) is 12.4 Å². The van der Waals surface area contributed by atoms with Crippen LogP contribution in [-0.4, -0.2) is 27.2 Å². The summed E-state index contributed by atoms with van der Waals surface area (Å²) in [6.07, 6.45) is 5.98. The van der Waals surface area contributed by atoms with E-state index in [0.29, 0.717) is 17.9 Å². The summed E-state index contributed by atoms with van der Waals surface area (Å²) in [6.45, 7) is 0. The summed E-state index contributed by atoms with van der Waals surface area (Å²) in [6, 6.07) is 12.0. The molecule has 0 aromatic heterocycles. The van der Waals surface area contributed by atoms with Crippen molar-refractivity contribution in [3.63, 3.8) is 0 Å². The Bertz CT molecular complexity index is 1030. The van der Waals surface area contributed by atoms with E-state index in [4.69, 9.17) is 9.47 Å². The number of anilines is 1. The molecule has 0 bridgehead atoms. The Hall–Kier alpha value is -2.58. The third-order valence-corrected chi connectivity index (χ3v) is 7.01. The summed E-state index contributed by atoms with van der Waals surface area (Å²) in [7, 11) is -2.08. The number of carbonyl (C=O) groups is 1. The highest BCUT2D eigenvalue weighted by Gasteiger charge is 2.42. The van der Waals surface area contributed by atoms with Crippen LogP contribution in [0.2, 0.25) is 0 Å². The van der Waals surface area contributed by atoms with Crippen molar-refractivity contribution in [2.45, 2.75) is 55.6 Å². The van der Waals surface area contributed by atoms with Crippen molar-refractivity contribution in [3.05, 3.63) is 48.0 Å². The highest BCUT2D eigenvalue weighted by atomic mass is 32.2. The molecular formula is C22H26N2O5S. The lowest BCUT2D eigenvalue weighted by Crippen LogP contribution is -2.40. The smallest absolute Gasteiger partial charge is 0.251 e. The zero-order chi connectivity index (χ0) is 21.2. The van der Waals surface area contributed by atoms with Gasteiger partial charge in [-0.3, -0.25) is 4.79 Å². The second-order valence-electron chi connectivity index (χ2n) is 7.74. The predicted molar refractivity (Wildman–Crippen MR) is 113 cm³/mol. The highest BCUT2D eigenvalue weighted by Crippen LogP contribution is 2.46. The Kier molecular flexibility index (Phi) is 5.71. The molecule has 4 rings (SSSR count). The van der Waals surface area contributed by atoms with Crippen LogP contribution in [0.4, 0.5) is 5.69 Å². The first-order chi connectivity index (χ1) is 14.4. The van der Waals surface area contributed by atoms with Crippen LogP contribution < -0.4 is 19.5 Å². The minimum Gasteiger partial charge on any atom is -0.448 e. The molecule has 0 radical (unpaired) electrons. The van der Waals surface area contributed by atoms with Crippen molar-refractivity contribution in [2.24, 2.45) is 0 Å². The van der Waals surface area contributed by atoms with Gasteiger partial charge in [-0.15, -0.1) is 0 Å². The molecule has 0 unspecified atom stereocenters. The first-order valence-electron chi connectivity index (χ1n) is 10.2. The number of aryl methyl sites for hydroxylation is 1. The minimum atomic E-state index is -3.45. The summed E-state index contributed by atoms with van der Waals surface area (Å²) < 4.78 is 38.0. The average molecular weight is 431 g/mol. The second kappa shape index (κ2) is 8.28. The molecule has 2 aromatic carbocycles. The maximum Gasteiger partial charge on any atom is 0.251 e. The van der Waals surface area contributed by atoms with Crippen LogP contribution in [0.1, 0.15) is 44.1 Å². The molecule has 1 fully saturated rings. The van der Waals surface area contributed by atoms with Crippen molar-refractivity contribution >= 4 is 21.6 Å². The van der Waals surface area contributed by atoms with Gasteiger partial charge < -0.3 is 14.8 Å². The van der Waals surface area contributed by atoms with E-state index in [1.54, 1.807) is 12.1 Å². The molecule has 0 atom stereocenters. The lowest BCUT2D eigenvalue weighted by atomic mass is 9.94. The first kappa shape index (κ1) is 20.7. The van der Waals surface area contributed by atoms with Crippen molar-refractivity contribution in [1.82, 2.24) is 4.72 Å². The molecule has 2 aliphatic rings. The molecule has 1 spiro atoms. The van der Waals surface area contributed by atoms with Gasteiger partial charge in [0.25, 0.3) is 5.79 Å². The number of amides is 1. The van der Waals surface area contributed by atoms with Crippen LogP contribution in [0.15, 0.2) is 47.4 Å². The molecule has 2 N–H and O–H groups in total. The number of ether oxygens (including phenoxy) is 2. The van der Waals surface area contributed by atoms with Gasteiger partial charge in [0.05, 0.1) is 4.90 Å². The van der Waals surface area contributed by atoms with E-state index in [9.17, 15) is 13.2 Å². The van der Waals surface area contributed by atoms with Crippen LogP contribution in [0.3, 0.4) is 0 Å². The van der Waals surface area contributed by atoms with Crippen LogP contribution in [-0.2, 0) is 21.2 Å². The zero-order valence-electron chi connectivity index (χ0n) is 16.9. The number of hydrogen-bond acceptors (Lipinski definition) is 5. The van der Waals surface area contributed by atoms with E-state index < -0.39 is 15.8 Å². The molecule has 2 aromatic rings. The number of benzene rings is 2. The molecular weight excluding hydrogens is 404 g/mol. The van der Waals surface area contributed by atoms with Crippen molar-refractivity contribution in [3.8, 4) is 11.5 Å². The largest absolute Gasteiger partial charge is 0.448 e. The number of nitrogens with one attached hydrogen (secondary N) is 2. The number of hydrogen-bond donors (Lipinski definition) is 2. The number of rotatable bonds is 6. The summed E-state index contributed by atoms with van der Waals surface area (Å²) in [5, 5.41) is 2.90. The minimum absolute atomic E-state index is 0.117. The maximum atomic E-state index is 12.4. The fourth-order valence-corrected chi connectivity index (χ4v) is 4.63. The van der Waals surface area contributed by atoms with E-state index in [2.05, 4.69) is 10.0 Å². The van der Waals surface area contributed by atoms with Gasteiger partial charge in [0, 0.05) is 31.0 Å². The molecule has 1 aliphatic heterocycles. The van der Waals surface area contributed by atoms with Gasteiger partial charge >= 0.3 is 0 Å². The summed E-state index contributed by atoms with van der Waals surface area (Å²) in [5.74, 6) is 0.756. The molecule has 1 amide bonds. The fourth-order valence-electron chi connectivity index (χ4n) is 3.90. The Balaban J connectivity index is 1.33. The van der Waals surface area contributed by atoms with E-state index >= 15 is 0 Å². The van der Waals surface area contributed by atoms with Crippen molar-refractivity contribution < 1.29 is 22.7 Å². The van der Waals surface area contributed by atoms with Crippen LogP contribution in [0.25, 0.3) is 0 Å². The summed E-state index contributed by atoms with van der Waals surface area (Å²) >= 11 is 0. The van der Waals surface area contributed by atoms with Crippen LogP contribution in [0, 0.1) is 0 Å². The second-order valence-corrected chi connectivity index (χ2v) is 9.62. The summed E-state index contributed by atoms with van der Waals surface area (Å²) in [4.78, 5) is 12.6. The lowest BCUT2D eigenvalue weighted by molar-refractivity contribution is -0.116. The molecule has 1 heterocycles. The third kappa shape index (κ3) is 4.44.